The molecule has 1 N–H and O–H groups in total. The number of carbonyl (C=O) groups is 2. The second-order valence-electron chi connectivity index (χ2n) is 5.53. The smallest absolute Gasteiger partial charge is 0.340 e. The van der Waals surface area contributed by atoms with Gasteiger partial charge in [0.1, 0.15) is 0 Å². The first-order valence-electron chi connectivity index (χ1n) is 8.21. The van der Waals surface area contributed by atoms with Crippen LogP contribution in [0.25, 0.3) is 0 Å². The van der Waals surface area contributed by atoms with Crippen molar-refractivity contribution < 1.29 is 23.8 Å². The molecule has 0 aliphatic carbocycles. The van der Waals surface area contributed by atoms with Gasteiger partial charge in [-0.2, -0.15) is 0 Å². The lowest BCUT2D eigenvalue weighted by Crippen LogP contribution is -2.30. The Balaban J connectivity index is 1.63. The number of hydrogen-bond acceptors (Lipinski definition) is 6. The lowest BCUT2D eigenvalue weighted by atomic mass is 10.2. The molecular formula is C19H19NO5S. The van der Waals surface area contributed by atoms with Gasteiger partial charge in [0.05, 0.1) is 5.56 Å². The van der Waals surface area contributed by atoms with Crippen molar-refractivity contribution in [1.82, 2.24) is 0 Å². The average molecular weight is 373 g/mol. The summed E-state index contributed by atoms with van der Waals surface area (Å²) in [6.45, 7) is 3.71. The number of hydrogen-bond donors (Lipinski definition) is 1. The molecule has 1 amide bonds. The molecule has 6 nitrogen and oxygen atoms in total. The van der Waals surface area contributed by atoms with Gasteiger partial charge in [0.15, 0.2) is 17.6 Å². The number of thioether (sulfide) groups is 1. The van der Waals surface area contributed by atoms with Gasteiger partial charge in [0.2, 0.25) is 6.79 Å². The molecule has 0 fully saturated rings. The van der Waals surface area contributed by atoms with Crippen LogP contribution in [0.3, 0.4) is 0 Å². The molecule has 1 heterocycles. The van der Waals surface area contributed by atoms with Crippen LogP contribution in [0.5, 0.6) is 11.5 Å². The van der Waals surface area contributed by atoms with E-state index in [0.717, 1.165) is 10.6 Å². The second kappa shape index (κ2) is 8.14. The molecule has 1 aliphatic rings. The first-order chi connectivity index (χ1) is 12.6. The first kappa shape index (κ1) is 18.1. The van der Waals surface area contributed by atoms with Gasteiger partial charge >= 0.3 is 5.97 Å². The Hall–Kier alpha value is -2.67. The Morgan fingerprint density at radius 2 is 1.96 bits per heavy atom. The largest absolute Gasteiger partial charge is 0.454 e. The number of fused-ring (bicyclic) bond motifs is 1. The molecule has 2 aromatic carbocycles. The molecule has 0 radical (unpaired) electrons. The minimum atomic E-state index is -0.937. The molecule has 2 aromatic rings. The minimum Gasteiger partial charge on any atom is -0.454 e. The quantitative estimate of drug-likeness (QED) is 0.615. The average Bonchev–Trinajstić information content (AvgIpc) is 3.10. The van der Waals surface area contributed by atoms with E-state index in [4.69, 9.17) is 14.2 Å². The number of anilines is 1. The van der Waals surface area contributed by atoms with Gasteiger partial charge in [-0.3, -0.25) is 4.79 Å². The molecule has 3 rings (SSSR count). The van der Waals surface area contributed by atoms with Crippen LogP contribution in [0.15, 0.2) is 47.4 Å². The van der Waals surface area contributed by atoms with Gasteiger partial charge in [-0.15, -0.1) is 11.8 Å². The van der Waals surface area contributed by atoms with Crippen molar-refractivity contribution in [1.29, 1.82) is 0 Å². The maximum atomic E-state index is 12.4. The zero-order valence-corrected chi connectivity index (χ0v) is 15.3. The number of amides is 1. The molecule has 136 valence electrons. The summed E-state index contributed by atoms with van der Waals surface area (Å²) >= 11 is 1.55. The normalized spacial score (nSPS) is 13.2. The third-order valence-corrected chi connectivity index (χ3v) is 4.66. The van der Waals surface area contributed by atoms with E-state index >= 15 is 0 Å². The standard InChI is InChI=1S/C19H19NO5S/c1-3-26-17-7-5-4-6-14(17)19(22)25-12(2)18(21)20-13-8-9-15-16(10-13)24-11-23-15/h4-10,12H,3,11H2,1-2H3,(H,20,21)/t12-/m1/s1. The van der Waals surface area contributed by atoms with Crippen molar-refractivity contribution in [3.8, 4) is 11.5 Å². The minimum absolute atomic E-state index is 0.163. The van der Waals surface area contributed by atoms with Gasteiger partial charge in [0, 0.05) is 16.6 Å². The van der Waals surface area contributed by atoms with Crippen molar-refractivity contribution in [2.45, 2.75) is 24.8 Å². The van der Waals surface area contributed by atoms with Gasteiger partial charge in [-0.1, -0.05) is 19.1 Å². The highest BCUT2D eigenvalue weighted by Crippen LogP contribution is 2.34. The SMILES string of the molecule is CCSc1ccccc1C(=O)O[C@H](C)C(=O)Nc1ccc2c(c1)OCO2. The fourth-order valence-electron chi connectivity index (χ4n) is 2.41. The molecule has 0 bridgehead atoms. The second-order valence-corrected chi connectivity index (χ2v) is 6.84. The predicted molar refractivity (Wildman–Crippen MR) is 98.9 cm³/mol. The van der Waals surface area contributed by atoms with E-state index in [9.17, 15) is 9.59 Å². The van der Waals surface area contributed by atoms with Crippen LogP contribution in [-0.4, -0.2) is 30.5 Å². The summed E-state index contributed by atoms with van der Waals surface area (Å²) in [4.78, 5) is 25.6. The third-order valence-electron chi connectivity index (χ3n) is 3.70. The van der Waals surface area contributed by atoms with Gasteiger partial charge in [-0.25, -0.2) is 4.79 Å². The van der Waals surface area contributed by atoms with Gasteiger partial charge in [-0.05, 0) is 36.9 Å². The molecule has 1 atom stereocenters. The Morgan fingerprint density at radius 1 is 1.19 bits per heavy atom. The lowest BCUT2D eigenvalue weighted by Gasteiger charge is -2.15. The van der Waals surface area contributed by atoms with Crippen LogP contribution in [0.1, 0.15) is 24.2 Å². The van der Waals surface area contributed by atoms with Gasteiger partial charge < -0.3 is 19.5 Å². The molecule has 0 saturated heterocycles. The summed E-state index contributed by atoms with van der Waals surface area (Å²) in [6, 6.07) is 12.3. The van der Waals surface area contributed by atoms with Crippen LogP contribution in [0, 0.1) is 0 Å². The van der Waals surface area contributed by atoms with E-state index in [1.54, 1.807) is 42.1 Å². The number of carbonyl (C=O) groups excluding carboxylic acids is 2. The van der Waals surface area contributed by atoms with E-state index in [-0.39, 0.29) is 6.79 Å². The van der Waals surface area contributed by atoms with Crippen LogP contribution >= 0.6 is 11.8 Å². The van der Waals surface area contributed by atoms with E-state index in [1.807, 2.05) is 19.1 Å². The van der Waals surface area contributed by atoms with Crippen molar-refractivity contribution >= 4 is 29.3 Å². The number of ether oxygens (including phenoxy) is 3. The molecule has 7 heteroatoms. The van der Waals surface area contributed by atoms with Gasteiger partial charge in [0.25, 0.3) is 5.91 Å². The summed E-state index contributed by atoms with van der Waals surface area (Å²) in [5, 5.41) is 2.71. The fraction of sp³-hybridized carbons (Fsp3) is 0.263. The Labute approximate surface area is 155 Å². The van der Waals surface area contributed by atoms with E-state index in [1.165, 1.54) is 6.92 Å². The number of benzene rings is 2. The monoisotopic (exact) mass is 373 g/mol. The summed E-state index contributed by atoms with van der Waals surface area (Å²) in [6.07, 6.45) is -0.937. The highest BCUT2D eigenvalue weighted by molar-refractivity contribution is 7.99. The maximum absolute atomic E-state index is 12.4. The molecule has 1 aliphatic heterocycles. The summed E-state index contributed by atoms with van der Waals surface area (Å²) in [7, 11) is 0. The van der Waals surface area contributed by atoms with E-state index in [0.29, 0.717) is 22.7 Å². The van der Waals surface area contributed by atoms with Crippen molar-refractivity contribution in [2.24, 2.45) is 0 Å². The summed E-state index contributed by atoms with van der Waals surface area (Å²) in [5.74, 6) is 1.10. The van der Waals surface area contributed by atoms with Crippen LogP contribution in [-0.2, 0) is 9.53 Å². The zero-order chi connectivity index (χ0) is 18.5. The highest BCUT2D eigenvalue weighted by atomic mass is 32.2. The van der Waals surface area contributed by atoms with Crippen LogP contribution < -0.4 is 14.8 Å². The predicted octanol–water partition coefficient (Wildman–Crippen LogP) is 3.71. The first-order valence-corrected chi connectivity index (χ1v) is 9.20. The van der Waals surface area contributed by atoms with Crippen molar-refractivity contribution in [2.75, 3.05) is 17.9 Å². The van der Waals surface area contributed by atoms with E-state index in [2.05, 4.69) is 5.32 Å². The molecule has 0 unspecified atom stereocenters. The van der Waals surface area contributed by atoms with Crippen LogP contribution in [0.4, 0.5) is 5.69 Å². The third kappa shape index (κ3) is 4.11. The molecular weight excluding hydrogens is 354 g/mol. The summed E-state index contributed by atoms with van der Waals surface area (Å²) in [5.41, 5.74) is 1.01. The van der Waals surface area contributed by atoms with Crippen LogP contribution in [0.2, 0.25) is 0 Å². The molecule has 0 saturated carbocycles. The molecule has 26 heavy (non-hydrogen) atoms. The number of nitrogens with one attached hydrogen (secondary N) is 1. The molecule has 0 aromatic heterocycles. The Bertz CT molecular complexity index is 823. The maximum Gasteiger partial charge on any atom is 0.340 e. The van der Waals surface area contributed by atoms with Crippen molar-refractivity contribution in [3.63, 3.8) is 0 Å². The Morgan fingerprint density at radius 3 is 2.77 bits per heavy atom. The number of rotatable bonds is 6. The highest BCUT2D eigenvalue weighted by Gasteiger charge is 2.22. The number of esters is 1. The fourth-order valence-corrected chi connectivity index (χ4v) is 3.21. The summed E-state index contributed by atoms with van der Waals surface area (Å²) < 4.78 is 15.8. The van der Waals surface area contributed by atoms with Crippen molar-refractivity contribution in [3.05, 3.63) is 48.0 Å². The lowest BCUT2D eigenvalue weighted by molar-refractivity contribution is -0.123. The van der Waals surface area contributed by atoms with E-state index < -0.39 is 18.0 Å². The topological polar surface area (TPSA) is 73.9 Å². The zero-order valence-electron chi connectivity index (χ0n) is 14.5. The Kier molecular flexibility index (Phi) is 5.68. The molecule has 0 spiro atoms.